The summed E-state index contributed by atoms with van der Waals surface area (Å²) < 4.78 is 0. The van der Waals surface area contributed by atoms with E-state index in [1.165, 1.54) is 4.90 Å². The van der Waals surface area contributed by atoms with Crippen LogP contribution in [0.4, 0.5) is 5.69 Å². The van der Waals surface area contributed by atoms with Crippen LogP contribution >= 0.6 is 0 Å². The van der Waals surface area contributed by atoms with Gasteiger partial charge in [0.2, 0.25) is 5.91 Å². The Labute approximate surface area is 127 Å². The monoisotopic (exact) mass is 303 g/mol. The number of aliphatic carboxylic acids is 2. The van der Waals surface area contributed by atoms with Crippen molar-refractivity contribution in [3.8, 4) is 0 Å². The molecule has 0 aromatic heterocycles. The molecule has 3 atom stereocenters. The Morgan fingerprint density at radius 3 is 2.27 bits per heavy atom. The number of carboxylic acids is 2. The number of carbonyl (C=O) groups excluding carboxylic acids is 1. The molecule has 2 aliphatic rings. The fraction of sp³-hybridized carbons (Fsp3) is 0.438. The van der Waals surface area contributed by atoms with Crippen molar-refractivity contribution in [2.24, 2.45) is 17.3 Å². The third-order valence-corrected chi connectivity index (χ3v) is 4.86. The normalized spacial score (nSPS) is 28.1. The zero-order chi connectivity index (χ0) is 16.2. The first-order valence-electron chi connectivity index (χ1n) is 7.13. The van der Waals surface area contributed by atoms with Crippen LogP contribution in [-0.4, -0.2) is 34.1 Å². The number of anilines is 1. The van der Waals surface area contributed by atoms with E-state index in [1.807, 2.05) is 0 Å². The van der Waals surface area contributed by atoms with E-state index >= 15 is 0 Å². The van der Waals surface area contributed by atoms with Gasteiger partial charge in [0.15, 0.2) is 0 Å². The predicted molar refractivity (Wildman–Crippen MR) is 77.5 cm³/mol. The van der Waals surface area contributed by atoms with Crippen molar-refractivity contribution < 1.29 is 24.6 Å². The molecule has 116 valence electrons. The molecule has 1 aromatic rings. The van der Waals surface area contributed by atoms with Gasteiger partial charge in [-0.05, 0) is 17.0 Å². The van der Waals surface area contributed by atoms with Gasteiger partial charge in [0, 0.05) is 12.1 Å². The summed E-state index contributed by atoms with van der Waals surface area (Å²) in [6, 6.07) is 6.09. The van der Waals surface area contributed by atoms with Gasteiger partial charge in [0.25, 0.3) is 0 Å². The summed E-state index contributed by atoms with van der Waals surface area (Å²) in [7, 11) is 0. The minimum atomic E-state index is -1.07. The van der Waals surface area contributed by atoms with Crippen molar-refractivity contribution in [3.05, 3.63) is 29.8 Å². The Balaban J connectivity index is 1.97. The maximum absolute atomic E-state index is 12.8. The number of fused-ring (bicyclic) bond motifs is 1. The molecule has 6 heteroatoms. The first-order chi connectivity index (χ1) is 10.3. The van der Waals surface area contributed by atoms with Crippen LogP contribution in [0.25, 0.3) is 0 Å². The molecular weight excluding hydrogens is 286 g/mol. The van der Waals surface area contributed by atoms with E-state index in [9.17, 15) is 24.6 Å². The van der Waals surface area contributed by atoms with E-state index in [0.29, 0.717) is 5.69 Å². The molecule has 1 aliphatic heterocycles. The zero-order valence-electron chi connectivity index (χ0n) is 12.3. The van der Waals surface area contributed by atoms with Gasteiger partial charge < -0.3 is 10.2 Å². The summed E-state index contributed by atoms with van der Waals surface area (Å²) in [6.07, 6.45) is 0.252. The van der Waals surface area contributed by atoms with Crippen molar-refractivity contribution in [3.63, 3.8) is 0 Å². The van der Waals surface area contributed by atoms with Gasteiger partial charge in [-0.3, -0.25) is 14.5 Å². The van der Waals surface area contributed by atoms with Crippen LogP contribution in [0.2, 0.25) is 0 Å². The highest BCUT2D eigenvalue weighted by Crippen LogP contribution is 2.59. The molecule has 1 heterocycles. The molecule has 1 aromatic carbocycles. The number of carbonyl (C=O) groups is 3. The molecule has 0 saturated heterocycles. The highest BCUT2D eigenvalue weighted by molar-refractivity contribution is 6.06. The lowest BCUT2D eigenvalue weighted by Crippen LogP contribution is -2.44. The first kappa shape index (κ1) is 14.6. The number of hydrogen-bond acceptors (Lipinski definition) is 3. The zero-order valence-corrected chi connectivity index (χ0v) is 12.3. The van der Waals surface area contributed by atoms with Gasteiger partial charge in [-0.1, -0.05) is 32.0 Å². The summed E-state index contributed by atoms with van der Waals surface area (Å²) in [5.41, 5.74) is 0.726. The van der Waals surface area contributed by atoms with E-state index in [1.54, 1.807) is 38.1 Å². The van der Waals surface area contributed by atoms with Crippen LogP contribution in [0.5, 0.6) is 0 Å². The molecule has 2 unspecified atom stereocenters. The topological polar surface area (TPSA) is 94.9 Å². The second kappa shape index (κ2) is 4.56. The molecule has 2 N–H and O–H groups in total. The molecular formula is C16H17NO5. The molecule has 1 aliphatic carbocycles. The lowest BCUT2D eigenvalue weighted by molar-refractivity contribution is -0.140. The highest BCUT2D eigenvalue weighted by Gasteiger charge is 2.67. The standard InChI is InChI=1S/C16H17NO5/c1-16(2)11(12(16)15(21)22)13(18)17-9-6-4-3-5-8(9)7-10(17)14(19)20/h3-6,10-12H,7H2,1-2H3,(H,19,20)(H,21,22)/t10-,11?,12?/m0/s1. The summed E-state index contributed by atoms with van der Waals surface area (Å²) >= 11 is 0. The lowest BCUT2D eigenvalue weighted by atomic mass is 10.1. The van der Waals surface area contributed by atoms with Crippen molar-refractivity contribution in [2.75, 3.05) is 4.90 Å². The van der Waals surface area contributed by atoms with E-state index in [4.69, 9.17) is 0 Å². The Hall–Kier alpha value is -2.37. The molecule has 1 amide bonds. The van der Waals surface area contributed by atoms with Gasteiger partial charge in [0.1, 0.15) is 6.04 Å². The molecule has 0 radical (unpaired) electrons. The van der Waals surface area contributed by atoms with E-state index < -0.39 is 41.1 Å². The van der Waals surface area contributed by atoms with Gasteiger partial charge in [-0.15, -0.1) is 0 Å². The van der Waals surface area contributed by atoms with Gasteiger partial charge in [0.05, 0.1) is 11.8 Å². The van der Waals surface area contributed by atoms with Crippen LogP contribution in [0, 0.1) is 17.3 Å². The SMILES string of the molecule is CC1(C)C(C(=O)O)C1C(=O)N1c2ccccc2C[C@H]1C(=O)O. The Kier molecular flexibility index (Phi) is 3.02. The van der Waals surface area contributed by atoms with Crippen molar-refractivity contribution in [2.45, 2.75) is 26.3 Å². The van der Waals surface area contributed by atoms with Crippen LogP contribution in [0.3, 0.4) is 0 Å². The smallest absolute Gasteiger partial charge is 0.327 e. The molecule has 0 bridgehead atoms. The number of amides is 1. The number of hydrogen-bond donors (Lipinski definition) is 2. The number of nitrogens with zero attached hydrogens (tertiary/aromatic N) is 1. The molecule has 6 nitrogen and oxygen atoms in total. The highest BCUT2D eigenvalue weighted by atomic mass is 16.4. The fourth-order valence-corrected chi connectivity index (χ4v) is 3.57. The van der Waals surface area contributed by atoms with E-state index in [-0.39, 0.29) is 6.42 Å². The fourth-order valence-electron chi connectivity index (χ4n) is 3.57. The first-order valence-corrected chi connectivity index (χ1v) is 7.13. The number of benzene rings is 1. The number of carboxylic acid groups (broad SMARTS) is 2. The summed E-state index contributed by atoms with van der Waals surface area (Å²) in [4.78, 5) is 36.9. The Morgan fingerprint density at radius 1 is 1.09 bits per heavy atom. The Morgan fingerprint density at radius 2 is 1.73 bits per heavy atom. The average Bonchev–Trinajstić information content (AvgIpc) is 2.84. The van der Waals surface area contributed by atoms with Crippen LogP contribution in [0.15, 0.2) is 24.3 Å². The molecule has 1 saturated carbocycles. The molecule has 0 spiro atoms. The average molecular weight is 303 g/mol. The largest absolute Gasteiger partial charge is 0.481 e. The van der Waals surface area contributed by atoms with Crippen LogP contribution in [-0.2, 0) is 20.8 Å². The van der Waals surface area contributed by atoms with E-state index in [0.717, 1.165) is 5.56 Å². The molecule has 3 rings (SSSR count). The van der Waals surface area contributed by atoms with Crippen LogP contribution < -0.4 is 4.90 Å². The Bertz CT molecular complexity index is 681. The van der Waals surface area contributed by atoms with Crippen LogP contribution in [0.1, 0.15) is 19.4 Å². The minimum Gasteiger partial charge on any atom is -0.481 e. The number of rotatable bonds is 3. The number of para-hydroxylation sites is 1. The third-order valence-electron chi connectivity index (χ3n) is 4.86. The summed E-state index contributed by atoms with van der Waals surface area (Å²) in [6.45, 7) is 3.46. The van der Waals surface area contributed by atoms with Crippen molar-refractivity contribution in [1.29, 1.82) is 0 Å². The second-order valence-corrected chi connectivity index (χ2v) is 6.51. The maximum atomic E-state index is 12.8. The van der Waals surface area contributed by atoms with E-state index in [2.05, 4.69) is 0 Å². The van der Waals surface area contributed by atoms with Gasteiger partial charge >= 0.3 is 11.9 Å². The minimum absolute atomic E-state index is 0.252. The lowest BCUT2D eigenvalue weighted by Gasteiger charge is -2.23. The summed E-state index contributed by atoms with van der Waals surface area (Å²) in [5.74, 6) is -3.94. The van der Waals surface area contributed by atoms with Gasteiger partial charge in [-0.25, -0.2) is 4.79 Å². The maximum Gasteiger partial charge on any atom is 0.327 e. The summed E-state index contributed by atoms with van der Waals surface area (Å²) in [5, 5.41) is 18.6. The van der Waals surface area contributed by atoms with Crippen molar-refractivity contribution in [1.82, 2.24) is 0 Å². The quantitative estimate of drug-likeness (QED) is 0.879. The predicted octanol–water partition coefficient (Wildman–Crippen LogP) is 1.39. The second-order valence-electron chi connectivity index (χ2n) is 6.51. The molecule has 1 fully saturated rings. The third kappa shape index (κ3) is 1.90. The van der Waals surface area contributed by atoms with Gasteiger partial charge in [-0.2, -0.15) is 0 Å². The molecule has 22 heavy (non-hydrogen) atoms. The van der Waals surface area contributed by atoms with Crippen molar-refractivity contribution >= 4 is 23.5 Å².